The van der Waals surface area contributed by atoms with Crippen LogP contribution in [0, 0.1) is 0 Å². The number of hydrazone groups is 1. The van der Waals surface area contributed by atoms with Gasteiger partial charge in [-0.15, -0.1) is 0 Å². The molecule has 0 aromatic heterocycles. The maximum Gasteiger partial charge on any atom is 0.263 e. The van der Waals surface area contributed by atoms with Crippen LogP contribution in [0.15, 0.2) is 53.6 Å². The molecular weight excluding hydrogens is 420 g/mol. The van der Waals surface area contributed by atoms with Gasteiger partial charge >= 0.3 is 0 Å². The van der Waals surface area contributed by atoms with E-state index in [0.717, 1.165) is 16.1 Å². The number of ether oxygens (including phenoxy) is 1. The van der Waals surface area contributed by atoms with Crippen molar-refractivity contribution in [3.63, 3.8) is 0 Å². The van der Waals surface area contributed by atoms with Gasteiger partial charge in [0.1, 0.15) is 11.8 Å². The Morgan fingerprint density at radius 1 is 1.03 bits per heavy atom. The number of anilines is 2. The number of methoxy groups -OCH3 is 1. The number of sulfonamides is 1. The summed E-state index contributed by atoms with van der Waals surface area (Å²) in [5, 5.41) is 6.75. The van der Waals surface area contributed by atoms with Crippen molar-refractivity contribution in [2.45, 2.75) is 26.8 Å². The summed E-state index contributed by atoms with van der Waals surface area (Å²) in [5.74, 6) is -0.193. The molecule has 0 saturated carbocycles. The average Bonchev–Trinajstić information content (AvgIpc) is 2.71. The van der Waals surface area contributed by atoms with Gasteiger partial charge in [0, 0.05) is 12.6 Å². The SMILES string of the molecule is COc1ccc(N([C@H](C)C(=O)N/N=C(/C)c2ccc(NC(C)=O)cc2)S(C)(=O)=O)cc1. The Kier molecular flexibility index (Phi) is 7.76. The first-order valence-corrected chi connectivity index (χ1v) is 11.2. The first-order chi connectivity index (χ1) is 14.5. The number of carbonyl (C=O) groups is 2. The van der Waals surface area contributed by atoms with Gasteiger partial charge in [-0.3, -0.25) is 13.9 Å². The summed E-state index contributed by atoms with van der Waals surface area (Å²) in [6.07, 6.45) is 1.03. The maximum absolute atomic E-state index is 12.6. The average molecular weight is 447 g/mol. The quantitative estimate of drug-likeness (QED) is 0.477. The summed E-state index contributed by atoms with van der Waals surface area (Å²) < 4.78 is 30.8. The highest BCUT2D eigenvalue weighted by molar-refractivity contribution is 7.92. The standard InChI is InChI=1S/C21H26N4O5S/c1-14(17-6-8-18(9-7-17)22-16(3)26)23-24-21(27)15(2)25(31(5,28)29)19-10-12-20(30-4)13-11-19/h6-13,15H,1-5H3,(H,22,26)(H,24,27)/b23-14-/t15-/m1/s1. The number of benzene rings is 2. The van der Waals surface area contributed by atoms with Crippen LogP contribution in [0.5, 0.6) is 5.75 Å². The summed E-state index contributed by atoms with van der Waals surface area (Å²) >= 11 is 0. The van der Waals surface area contributed by atoms with Gasteiger partial charge in [0.15, 0.2) is 0 Å². The van der Waals surface area contributed by atoms with Gasteiger partial charge in [-0.1, -0.05) is 12.1 Å². The Morgan fingerprint density at radius 3 is 2.10 bits per heavy atom. The zero-order chi connectivity index (χ0) is 23.2. The van der Waals surface area contributed by atoms with Crippen LogP contribution < -0.4 is 19.8 Å². The molecule has 31 heavy (non-hydrogen) atoms. The number of hydrogen-bond donors (Lipinski definition) is 2. The third kappa shape index (κ3) is 6.54. The number of rotatable bonds is 8. The Bertz CT molecular complexity index is 1060. The minimum absolute atomic E-state index is 0.174. The predicted octanol–water partition coefficient (Wildman–Crippen LogP) is 2.35. The fourth-order valence-electron chi connectivity index (χ4n) is 2.83. The number of nitrogens with zero attached hydrogens (tertiary/aromatic N) is 2. The van der Waals surface area contributed by atoms with E-state index in [9.17, 15) is 18.0 Å². The van der Waals surface area contributed by atoms with Gasteiger partial charge < -0.3 is 10.1 Å². The van der Waals surface area contributed by atoms with E-state index >= 15 is 0 Å². The minimum atomic E-state index is -3.74. The van der Waals surface area contributed by atoms with Crippen LogP contribution in [-0.4, -0.2) is 45.4 Å². The topological polar surface area (TPSA) is 117 Å². The van der Waals surface area contributed by atoms with Crippen LogP contribution in [0.25, 0.3) is 0 Å². The Labute approximate surface area is 182 Å². The highest BCUT2D eigenvalue weighted by Crippen LogP contribution is 2.23. The van der Waals surface area contributed by atoms with Crippen LogP contribution in [0.1, 0.15) is 26.3 Å². The fraction of sp³-hybridized carbons (Fsp3) is 0.286. The van der Waals surface area contributed by atoms with Crippen molar-refractivity contribution in [3.05, 3.63) is 54.1 Å². The molecule has 9 nitrogen and oxygen atoms in total. The summed E-state index contributed by atoms with van der Waals surface area (Å²) in [7, 11) is -2.23. The van der Waals surface area contributed by atoms with Crippen LogP contribution in [-0.2, 0) is 19.6 Å². The molecule has 0 spiro atoms. The first-order valence-electron chi connectivity index (χ1n) is 9.38. The van der Waals surface area contributed by atoms with E-state index in [-0.39, 0.29) is 5.91 Å². The molecule has 0 saturated heterocycles. The number of carbonyl (C=O) groups excluding carboxylic acids is 2. The van der Waals surface area contributed by atoms with E-state index in [1.54, 1.807) is 55.5 Å². The van der Waals surface area contributed by atoms with Crippen LogP contribution >= 0.6 is 0 Å². The molecule has 2 N–H and O–H groups in total. The van der Waals surface area contributed by atoms with Crippen molar-refractivity contribution in [2.24, 2.45) is 5.10 Å². The van der Waals surface area contributed by atoms with E-state index in [1.165, 1.54) is 21.0 Å². The Morgan fingerprint density at radius 2 is 1.61 bits per heavy atom. The Balaban J connectivity index is 2.16. The van der Waals surface area contributed by atoms with Gasteiger partial charge in [0.25, 0.3) is 5.91 Å². The highest BCUT2D eigenvalue weighted by Gasteiger charge is 2.29. The molecule has 2 aromatic rings. The molecule has 166 valence electrons. The largest absolute Gasteiger partial charge is 0.497 e. The molecular formula is C21H26N4O5S. The molecule has 0 heterocycles. The third-order valence-electron chi connectivity index (χ3n) is 4.37. The van der Waals surface area contributed by atoms with E-state index in [1.807, 2.05) is 0 Å². The molecule has 1 atom stereocenters. The lowest BCUT2D eigenvalue weighted by Gasteiger charge is -2.27. The van der Waals surface area contributed by atoms with Crippen molar-refractivity contribution in [3.8, 4) is 5.75 Å². The van der Waals surface area contributed by atoms with Crippen LogP contribution in [0.4, 0.5) is 11.4 Å². The van der Waals surface area contributed by atoms with E-state index < -0.39 is 22.0 Å². The molecule has 2 rings (SSSR count). The van der Waals surface area contributed by atoms with E-state index in [0.29, 0.717) is 22.8 Å². The summed E-state index contributed by atoms with van der Waals surface area (Å²) in [6, 6.07) is 12.3. The predicted molar refractivity (Wildman–Crippen MR) is 121 cm³/mol. The van der Waals surface area contributed by atoms with Crippen molar-refractivity contribution >= 4 is 38.9 Å². The molecule has 0 aliphatic heterocycles. The molecule has 0 bridgehead atoms. The summed E-state index contributed by atoms with van der Waals surface area (Å²) in [6.45, 7) is 4.60. The second kappa shape index (κ2) is 10.1. The van der Waals surface area contributed by atoms with Crippen molar-refractivity contribution in [2.75, 3.05) is 23.0 Å². The van der Waals surface area contributed by atoms with Crippen LogP contribution in [0.3, 0.4) is 0 Å². The van der Waals surface area contributed by atoms with Crippen molar-refractivity contribution < 1.29 is 22.7 Å². The maximum atomic E-state index is 12.6. The molecule has 2 amide bonds. The monoisotopic (exact) mass is 446 g/mol. The summed E-state index contributed by atoms with van der Waals surface area (Å²) in [4.78, 5) is 23.7. The highest BCUT2D eigenvalue weighted by atomic mass is 32.2. The lowest BCUT2D eigenvalue weighted by molar-refractivity contribution is -0.121. The zero-order valence-corrected chi connectivity index (χ0v) is 18.9. The van der Waals surface area contributed by atoms with Gasteiger partial charge in [-0.2, -0.15) is 5.10 Å². The second-order valence-corrected chi connectivity index (χ2v) is 8.72. The molecule has 0 unspecified atom stereocenters. The van der Waals surface area contributed by atoms with Gasteiger partial charge in [0.05, 0.1) is 24.8 Å². The minimum Gasteiger partial charge on any atom is -0.497 e. The van der Waals surface area contributed by atoms with Crippen molar-refractivity contribution in [1.29, 1.82) is 0 Å². The first kappa shape index (κ1) is 23.9. The zero-order valence-electron chi connectivity index (χ0n) is 18.0. The number of hydrogen-bond acceptors (Lipinski definition) is 6. The number of nitrogens with one attached hydrogen (secondary N) is 2. The lowest BCUT2D eigenvalue weighted by atomic mass is 10.1. The van der Waals surface area contributed by atoms with Gasteiger partial charge in [0.2, 0.25) is 15.9 Å². The fourth-order valence-corrected chi connectivity index (χ4v) is 4.01. The lowest BCUT2D eigenvalue weighted by Crippen LogP contribution is -2.46. The van der Waals surface area contributed by atoms with Gasteiger partial charge in [-0.05, 0) is 55.8 Å². The molecule has 2 aromatic carbocycles. The molecule has 0 fully saturated rings. The van der Waals surface area contributed by atoms with E-state index in [2.05, 4.69) is 15.8 Å². The molecule has 0 aliphatic carbocycles. The third-order valence-corrected chi connectivity index (χ3v) is 5.61. The molecule has 0 radical (unpaired) electrons. The normalized spacial score (nSPS) is 12.6. The summed E-state index contributed by atoms with van der Waals surface area (Å²) in [5.41, 5.74) is 4.65. The molecule has 10 heteroatoms. The Hall–Kier alpha value is -3.40. The number of amides is 2. The van der Waals surface area contributed by atoms with Crippen molar-refractivity contribution in [1.82, 2.24) is 5.43 Å². The van der Waals surface area contributed by atoms with Crippen LogP contribution in [0.2, 0.25) is 0 Å². The molecule has 0 aliphatic rings. The smallest absolute Gasteiger partial charge is 0.263 e. The van der Waals surface area contributed by atoms with E-state index in [4.69, 9.17) is 4.74 Å². The second-order valence-electron chi connectivity index (χ2n) is 6.86. The van der Waals surface area contributed by atoms with Gasteiger partial charge in [-0.25, -0.2) is 13.8 Å².